The molecule has 0 atom stereocenters. The number of ether oxygens (including phenoxy) is 1. The minimum Gasteiger partial charge on any atom is -0.457 e. The van der Waals surface area contributed by atoms with E-state index in [1.165, 1.54) is 18.2 Å². The van der Waals surface area contributed by atoms with E-state index in [9.17, 15) is 14.9 Å². The van der Waals surface area contributed by atoms with Crippen LogP contribution in [0.4, 0.5) is 5.69 Å². The predicted molar refractivity (Wildman–Crippen MR) is 111 cm³/mol. The molecule has 30 heavy (non-hydrogen) atoms. The van der Waals surface area contributed by atoms with Crippen LogP contribution in [-0.2, 0) is 11.3 Å². The SMILES string of the molecule is O=C(OCc1cn(-c2ccccc2)nc1-c1ccccc1)c1ccccc1[N+](=O)[O-]. The van der Waals surface area contributed by atoms with Crippen molar-refractivity contribution in [2.45, 2.75) is 6.61 Å². The van der Waals surface area contributed by atoms with Gasteiger partial charge in [0.15, 0.2) is 0 Å². The normalized spacial score (nSPS) is 10.5. The Morgan fingerprint density at radius 1 is 0.933 bits per heavy atom. The van der Waals surface area contributed by atoms with E-state index in [1.54, 1.807) is 16.9 Å². The van der Waals surface area contributed by atoms with Crippen molar-refractivity contribution in [3.63, 3.8) is 0 Å². The molecule has 4 rings (SSSR count). The molecule has 0 saturated carbocycles. The smallest absolute Gasteiger partial charge is 0.345 e. The molecule has 7 heteroatoms. The molecule has 0 aliphatic rings. The van der Waals surface area contributed by atoms with Crippen LogP contribution >= 0.6 is 0 Å². The lowest BCUT2D eigenvalue weighted by atomic mass is 10.1. The van der Waals surface area contributed by atoms with Crippen molar-refractivity contribution in [1.82, 2.24) is 9.78 Å². The first-order valence-corrected chi connectivity index (χ1v) is 9.23. The number of hydrogen-bond acceptors (Lipinski definition) is 5. The van der Waals surface area contributed by atoms with Crippen molar-refractivity contribution in [1.29, 1.82) is 0 Å². The van der Waals surface area contributed by atoms with E-state index in [0.29, 0.717) is 11.3 Å². The van der Waals surface area contributed by atoms with Gasteiger partial charge in [-0.25, -0.2) is 9.48 Å². The van der Waals surface area contributed by atoms with E-state index in [2.05, 4.69) is 5.10 Å². The zero-order valence-corrected chi connectivity index (χ0v) is 15.8. The number of carbonyl (C=O) groups excluding carboxylic acids is 1. The van der Waals surface area contributed by atoms with Gasteiger partial charge in [0.25, 0.3) is 5.69 Å². The molecule has 0 amide bonds. The number of benzene rings is 3. The highest BCUT2D eigenvalue weighted by Gasteiger charge is 2.21. The third-order valence-corrected chi connectivity index (χ3v) is 4.54. The highest BCUT2D eigenvalue weighted by molar-refractivity contribution is 5.93. The average Bonchev–Trinajstić information content (AvgIpc) is 3.23. The summed E-state index contributed by atoms with van der Waals surface area (Å²) in [5, 5.41) is 15.8. The van der Waals surface area contributed by atoms with Crippen LogP contribution in [0.5, 0.6) is 0 Å². The molecule has 0 radical (unpaired) electrons. The van der Waals surface area contributed by atoms with Crippen molar-refractivity contribution in [2.75, 3.05) is 0 Å². The van der Waals surface area contributed by atoms with Crippen LogP contribution in [0.1, 0.15) is 15.9 Å². The van der Waals surface area contributed by atoms with Gasteiger partial charge in [-0.05, 0) is 18.2 Å². The first kappa shape index (κ1) is 19.1. The lowest BCUT2D eigenvalue weighted by molar-refractivity contribution is -0.385. The number of nitro benzene ring substituents is 1. The Kier molecular flexibility index (Phi) is 5.34. The number of para-hydroxylation sites is 2. The molecule has 0 N–H and O–H groups in total. The third-order valence-electron chi connectivity index (χ3n) is 4.54. The van der Waals surface area contributed by atoms with E-state index in [-0.39, 0.29) is 17.9 Å². The Morgan fingerprint density at radius 3 is 2.27 bits per heavy atom. The van der Waals surface area contributed by atoms with Crippen molar-refractivity contribution in [2.24, 2.45) is 0 Å². The maximum Gasteiger partial charge on any atom is 0.345 e. The number of carbonyl (C=O) groups is 1. The summed E-state index contributed by atoms with van der Waals surface area (Å²) >= 11 is 0. The lowest BCUT2D eigenvalue weighted by Crippen LogP contribution is -2.08. The average molecular weight is 399 g/mol. The van der Waals surface area contributed by atoms with Crippen LogP contribution < -0.4 is 0 Å². The second-order valence-electron chi connectivity index (χ2n) is 6.50. The minimum atomic E-state index is -0.756. The fourth-order valence-electron chi connectivity index (χ4n) is 3.09. The van der Waals surface area contributed by atoms with E-state index in [1.807, 2.05) is 60.7 Å². The highest BCUT2D eigenvalue weighted by Crippen LogP contribution is 2.25. The van der Waals surface area contributed by atoms with Crippen molar-refractivity contribution in [3.8, 4) is 16.9 Å². The highest BCUT2D eigenvalue weighted by atomic mass is 16.6. The van der Waals surface area contributed by atoms with Crippen LogP contribution in [0.15, 0.2) is 91.1 Å². The quantitative estimate of drug-likeness (QED) is 0.264. The van der Waals surface area contributed by atoms with E-state index in [4.69, 9.17) is 4.74 Å². The Morgan fingerprint density at radius 2 is 1.57 bits per heavy atom. The van der Waals surface area contributed by atoms with Gasteiger partial charge >= 0.3 is 5.97 Å². The Bertz CT molecular complexity index is 1190. The van der Waals surface area contributed by atoms with Gasteiger partial charge in [0, 0.05) is 23.4 Å². The summed E-state index contributed by atoms with van der Waals surface area (Å²) in [6.45, 7) is -0.0675. The van der Waals surface area contributed by atoms with Gasteiger partial charge in [0.05, 0.1) is 16.3 Å². The fourth-order valence-corrected chi connectivity index (χ4v) is 3.09. The number of rotatable bonds is 6. The van der Waals surface area contributed by atoms with Crippen LogP contribution in [0.2, 0.25) is 0 Å². The van der Waals surface area contributed by atoms with Gasteiger partial charge in [-0.3, -0.25) is 10.1 Å². The van der Waals surface area contributed by atoms with Crippen molar-refractivity contribution >= 4 is 11.7 Å². The summed E-state index contributed by atoms with van der Waals surface area (Å²) in [7, 11) is 0. The monoisotopic (exact) mass is 399 g/mol. The van der Waals surface area contributed by atoms with Gasteiger partial charge in [0.1, 0.15) is 12.2 Å². The van der Waals surface area contributed by atoms with Crippen LogP contribution in [0.3, 0.4) is 0 Å². The van der Waals surface area contributed by atoms with Crippen LogP contribution in [-0.4, -0.2) is 20.7 Å². The molecule has 1 heterocycles. The molecule has 0 bridgehead atoms. The minimum absolute atomic E-state index is 0.0675. The largest absolute Gasteiger partial charge is 0.457 e. The summed E-state index contributed by atoms with van der Waals surface area (Å²) in [6.07, 6.45) is 1.80. The molecule has 0 aliphatic heterocycles. The second-order valence-corrected chi connectivity index (χ2v) is 6.50. The summed E-state index contributed by atoms with van der Waals surface area (Å²) in [4.78, 5) is 23.1. The Labute approximate surface area is 172 Å². The fraction of sp³-hybridized carbons (Fsp3) is 0.0435. The molecule has 0 unspecified atom stereocenters. The number of esters is 1. The molecule has 4 aromatic rings. The number of nitrogens with zero attached hydrogens (tertiary/aromatic N) is 3. The van der Waals surface area contributed by atoms with Gasteiger partial charge in [-0.1, -0.05) is 60.7 Å². The van der Waals surface area contributed by atoms with Crippen LogP contribution in [0.25, 0.3) is 16.9 Å². The van der Waals surface area contributed by atoms with Gasteiger partial charge < -0.3 is 4.74 Å². The Hall–Kier alpha value is -4.26. The maximum atomic E-state index is 12.5. The molecule has 1 aromatic heterocycles. The van der Waals surface area contributed by atoms with Crippen molar-refractivity contribution < 1.29 is 14.5 Å². The zero-order valence-electron chi connectivity index (χ0n) is 15.8. The topological polar surface area (TPSA) is 87.3 Å². The summed E-state index contributed by atoms with van der Waals surface area (Å²) in [6, 6.07) is 24.9. The van der Waals surface area contributed by atoms with E-state index >= 15 is 0 Å². The first-order chi connectivity index (χ1) is 14.6. The second kappa shape index (κ2) is 8.40. The zero-order chi connectivity index (χ0) is 20.9. The molecular weight excluding hydrogens is 382 g/mol. The van der Waals surface area contributed by atoms with E-state index in [0.717, 1.165) is 11.3 Å². The van der Waals surface area contributed by atoms with E-state index < -0.39 is 10.9 Å². The Balaban J connectivity index is 1.64. The molecular formula is C23H17N3O4. The van der Waals surface area contributed by atoms with Gasteiger partial charge in [-0.2, -0.15) is 5.10 Å². The maximum absolute atomic E-state index is 12.5. The molecule has 3 aromatic carbocycles. The summed E-state index contributed by atoms with van der Waals surface area (Å²) in [5.41, 5.74) is 2.74. The molecule has 0 spiro atoms. The number of aromatic nitrogens is 2. The summed E-state index contributed by atoms with van der Waals surface area (Å²) < 4.78 is 7.14. The standard InChI is InChI=1S/C23H17N3O4/c27-23(20-13-7-8-14-21(20)26(28)29)30-16-18-15-25(19-11-5-2-6-12-19)24-22(18)17-9-3-1-4-10-17/h1-15H,16H2. The molecule has 0 aliphatic carbocycles. The van der Waals surface area contributed by atoms with Gasteiger partial charge in [-0.15, -0.1) is 0 Å². The number of nitro groups is 1. The van der Waals surface area contributed by atoms with Gasteiger partial charge in [0.2, 0.25) is 0 Å². The molecule has 7 nitrogen and oxygen atoms in total. The lowest BCUT2D eigenvalue weighted by Gasteiger charge is -2.06. The number of hydrogen-bond donors (Lipinski definition) is 0. The summed E-state index contributed by atoms with van der Waals surface area (Å²) in [5.74, 6) is -0.756. The van der Waals surface area contributed by atoms with Crippen molar-refractivity contribution in [3.05, 3.63) is 112 Å². The predicted octanol–water partition coefficient (Wildman–Crippen LogP) is 4.80. The first-order valence-electron chi connectivity index (χ1n) is 9.23. The van der Waals surface area contributed by atoms with Crippen LogP contribution in [0, 0.1) is 10.1 Å². The third kappa shape index (κ3) is 3.95. The molecule has 0 fully saturated rings. The molecule has 148 valence electrons. The molecule has 0 saturated heterocycles.